The molecule has 3 N–H and O–H groups in total. The van der Waals surface area contributed by atoms with Crippen LogP contribution in [0.15, 0.2) is 54.6 Å². The molecule has 1 aliphatic rings. The van der Waals surface area contributed by atoms with Crippen LogP contribution >= 0.6 is 11.6 Å². The highest BCUT2D eigenvalue weighted by Crippen LogP contribution is 2.26. The minimum Gasteiger partial charge on any atom is -0.339 e. The largest absolute Gasteiger partial charge is 0.339 e. The van der Waals surface area contributed by atoms with Crippen LogP contribution in [0.4, 0.5) is 0 Å². The minimum absolute atomic E-state index is 0.0487. The molecule has 2 aromatic rings. The average molecular weight is 330 g/mol. The quantitative estimate of drug-likeness (QED) is 0.808. The van der Waals surface area contributed by atoms with Crippen molar-refractivity contribution in [3.05, 3.63) is 70.7 Å². The van der Waals surface area contributed by atoms with Gasteiger partial charge < -0.3 is 5.32 Å². The number of hydrazine groups is 1. The van der Waals surface area contributed by atoms with Gasteiger partial charge in [-0.1, -0.05) is 60.1 Å². The molecule has 1 aliphatic heterocycles. The Morgan fingerprint density at radius 1 is 1.09 bits per heavy atom. The Morgan fingerprint density at radius 3 is 2.52 bits per heavy atom. The van der Waals surface area contributed by atoms with Crippen LogP contribution in [0.3, 0.4) is 0 Å². The lowest BCUT2D eigenvalue weighted by Crippen LogP contribution is -2.46. The molecule has 0 spiro atoms. The summed E-state index contributed by atoms with van der Waals surface area (Å²) < 4.78 is 0. The summed E-state index contributed by atoms with van der Waals surface area (Å²) in [6, 6.07) is 17.8. The van der Waals surface area contributed by atoms with E-state index in [1.807, 2.05) is 36.4 Å². The fourth-order valence-electron chi connectivity index (χ4n) is 3.01. The molecule has 3 unspecified atom stereocenters. The molecule has 1 heterocycles. The molecule has 0 saturated carbocycles. The molecular formula is C18H20ClN3O. The standard InChI is InChI=1S/C18H20ClN3O/c1-12-17(13-7-3-2-4-8-13)18(22-21-12)20-16(23)11-14-9-5-6-10-15(14)19/h2-10,12,17-18,21-22H,11H2,1H3,(H,20,23). The van der Waals surface area contributed by atoms with Crippen molar-refractivity contribution in [1.82, 2.24) is 16.2 Å². The zero-order valence-electron chi connectivity index (χ0n) is 12.9. The van der Waals surface area contributed by atoms with Gasteiger partial charge in [-0.3, -0.25) is 10.2 Å². The maximum atomic E-state index is 12.4. The number of nitrogens with one attached hydrogen (secondary N) is 3. The van der Waals surface area contributed by atoms with Gasteiger partial charge in [0.1, 0.15) is 6.17 Å². The lowest BCUT2D eigenvalue weighted by molar-refractivity contribution is -0.121. The van der Waals surface area contributed by atoms with Crippen LogP contribution in [-0.4, -0.2) is 18.1 Å². The summed E-state index contributed by atoms with van der Waals surface area (Å²) in [5, 5.41) is 3.68. The number of benzene rings is 2. The van der Waals surface area contributed by atoms with Crippen molar-refractivity contribution in [3.8, 4) is 0 Å². The topological polar surface area (TPSA) is 53.2 Å². The smallest absolute Gasteiger partial charge is 0.225 e. The van der Waals surface area contributed by atoms with Crippen LogP contribution in [0, 0.1) is 0 Å². The second-order valence-electron chi connectivity index (χ2n) is 5.83. The van der Waals surface area contributed by atoms with Gasteiger partial charge >= 0.3 is 0 Å². The first kappa shape index (κ1) is 16.0. The van der Waals surface area contributed by atoms with E-state index in [2.05, 4.69) is 35.2 Å². The maximum absolute atomic E-state index is 12.4. The van der Waals surface area contributed by atoms with Crippen LogP contribution in [-0.2, 0) is 11.2 Å². The van der Waals surface area contributed by atoms with Crippen LogP contribution in [0.25, 0.3) is 0 Å². The third kappa shape index (κ3) is 3.72. The molecule has 120 valence electrons. The summed E-state index contributed by atoms with van der Waals surface area (Å²) in [5.74, 6) is 0.124. The summed E-state index contributed by atoms with van der Waals surface area (Å²) in [6.45, 7) is 2.10. The van der Waals surface area contributed by atoms with E-state index in [9.17, 15) is 4.79 Å². The summed E-state index contributed by atoms with van der Waals surface area (Å²) in [5.41, 5.74) is 8.41. The van der Waals surface area contributed by atoms with Crippen molar-refractivity contribution in [2.24, 2.45) is 0 Å². The van der Waals surface area contributed by atoms with E-state index in [1.54, 1.807) is 6.07 Å². The monoisotopic (exact) mass is 329 g/mol. The van der Waals surface area contributed by atoms with Crippen LogP contribution < -0.4 is 16.2 Å². The van der Waals surface area contributed by atoms with Crippen molar-refractivity contribution < 1.29 is 4.79 Å². The molecule has 5 heteroatoms. The van der Waals surface area contributed by atoms with Crippen molar-refractivity contribution in [2.75, 3.05) is 0 Å². The lowest BCUT2D eigenvalue weighted by atomic mass is 9.91. The molecule has 4 nitrogen and oxygen atoms in total. The van der Waals surface area contributed by atoms with Crippen molar-refractivity contribution in [3.63, 3.8) is 0 Å². The van der Waals surface area contributed by atoms with Crippen LogP contribution in [0.5, 0.6) is 0 Å². The highest BCUT2D eigenvalue weighted by atomic mass is 35.5. The van der Waals surface area contributed by atoms with Crippen LogP contribution in [0.2, 0.25) is 5.02 Å². The van der Waals surface area contributed by atoms with Crippen molar-refractivity contribution in [2.45, 2.75) is 31.5 Å². The van der Waals surface area contributed by atoms with Gasteiger partial charge in [-0.25, -0.2) is 5.43 Å². The number of carbonyl (C=O) groups excluding carboxylic acids is 1. The molecule has 3 rings (SSSR count). The number of carbonyl (C=O) groups is 1. The van der Waals surface area contributed by atoms with E-state index in [0.29, 0.717) is 5.02 Å². The van der Waals surface area contributed by atoms with Gasteiger partial charge in [0.2, 0.25) is 5.91 Å². The van der Waals surface area contributed by atoms with Crippen molar-refractivity contribution in [1.29, 1.82) is 0 Å². The predicted octanol–water partition coefficient (Wildman–Crippen LogP) is 2.60. The second-order valence-corrected chi connectivity index (χ2v) is 6.23. The minimum atomic E-state index is -0.151. The molecule has 1 fully saturated rings. The van der Waals surface area contributed by atoms with Gasteiger partial charge in [0.15, 0.2) is 0 Å². The molecule has 1 saturated heterocycles. The first-order valence-electron chi connectivity index (χ1n) is 7.74. The summed E-state index contributed by atoms with van der Waals surface area (Å²) >= 11 is 6.12. The Hall–Kier alpha value is -1.88. The number of hydrogen-bond donors (Lipinski definition) is 3. The van der Waals surface area contributed by atoms with Crippen molar-refractivity contribution >= 4 is 17.5 Å². The van der Waals surface area contributed by atoms with E-state index in [-0.39, 0.29) is 30.5 Å². The van der Waals surface area contributed by atoms with Gasteiger partial charge in [-0.05, 0) is 24.1 Å². The lowest BCUT2D eigenvalue weighted by Gasteiger charge is -2.22. The first-order chi connectivity index (χ1) is 11.1. The second kappa shape index (κ2) is 7.13. The number of amides is 1. The Morgan fingerprint density at radius 2 is 1.78 bits per heavy atom. The number of hydrogen-bond acceptors (Lipinski definition) is 3. The molecule has 0 aromatic heterocycles. The molecular weight excluding hydrogens is 310 g/mol. The summed E-state index contributed by atoms with van der Waals surface area (Å²) in [7, 11) is 0. The number of halogens is 1. The third-order valence-corrected chi connectivity index (χ3v) is 4.54. The fourth-order valence-corrected chi connectivity index (χ4v) is 3.21. The van der Waals surface area contributed by atoms with Gasteiger partial charge in [0.25, 0.3) is 0 Å². The Bertz CT molecular complexity index is 677. The Labute approximate surface area is 141 Å². The van der Waals surface area contributed by atoms with E-state index in [1.165, 1.54) is 5.56 Å². The predicted molar refractivity (Wildman–Crippen MR) is 92.0 cm³/mol. The van der Waals surface area contributed by atoms with Gasteiger partial charge in [-0.2, -0.15) is 0 Å². The summed E-state index contributed by atoms with van der Waals surface area (Å²) in [4.78, 5) is 12.4. The molecule has 2 aromatic carbocycles. The molecule has 3 atom stereocenters. The van der Waals surface area contributed by atoms with E-state index >= 15 is 0 Å². The van der Waals surface area contributed by atoms with Gasteiger partial charge in [0, 0.05) is 17.0 Å². The van der Waals surface area contributed by atoms with Gasteiger partial charge in [0.05, 0.1) is 6.42 Å². The average Bonchev–Trinajstić information content (AvgIpc) is 2.91. The van der Waals surface area contributed by atoms with Crippen LogP contribution in [0.1, 0.15) is 24.0 Å². The third-order valence-electron chi connectivity index (χ3n) is 4.17. The highest BCUT2D eigenvalue weighted by Gasteiger charge is 2.35. The summed E-state index contributed by atoms with van der Waals surface area (Å²) in [6.07, 6.45) is 0.121. The molecule has 0 radical (unpaired) electrons. The molecule has 1 amide bonds. The SMILES string of the molecule is CC1NNC(NC(=O)Cc2ccccc2Cl)C1c1ccccc1. The zero-order valence-corrected chi connectivity index (χ0v) is 13.7. The van der Waals surface area contributed by atoms with E-state index < -0.39 is 0 Å². The molecule has 0 bridgehead atoms. The zero-order chi connectivity index (χ0) is 16.2. The van der Waals surface area contributed by atoms with Gasteiger partial charge in [-0.15, -0.1) is 0 Å². The first-order valence-corrected chi connectivity index (χ1v) is 8.11. The number of rotatable bonds is 4. The van der Waals surface area contributed by atoms with E-state index in [0.717, 1.165) is 5.56 Å². The molecule has 23 heavy (non-hydrogen) atoms. The maximum Gasteiger partial charge on any atom is 0.225 e. The normalized spacial score (nSPS) is 23.7. The highest BCUT2D eigenvalue weighted by molar-refractivity contribution is 6.31. The van der Waals surface area contributed by atoms with E-state index in [4.69, 9.17) is 11.6 Å². The molecule has 0 aliphatic carbocycles. The fraction of sp³-hybridized carbons (Fsp3) is 0.278. The Kier molecular flexibility index (Phi) is 4.96. The Balaban J connectivity index is 1.69.